The summed E-state index contributed by atoms with van der Waals surface area (Å²) in [6, 6.07) is 12.1. The Morgan fingerprint density at radius 2 is 1.94 bits per heavy atom. The number of rotatable bonds is 3. The Labute approximate surface area is 114 Å². The van der Waals surface area contributed by atoms with Gasteiger partial charge < -0.3 is 5.11 Å². The standard InChI is InChI=1S/C14H15BrOS/c1-10-7-8-13(17-10)14(2,16)9-11-5-3-4-6-12(11)15/h3-8,16H,9H2,1-2H3. The number of aliphatic hydroxyl groups is 1. The minimum Gasteiger partial charge on any atom is -0.384 e. The van der Waals surface area contributed by atoms with Crippen LogP contribution in [0.15, 0.2) is 40.9 Å². The summed E-state index contributed by atoms with van der Waals surface area (Å²) in [5.41, 5.74) is 0.326. The molecule has 1 atom stereocenters. The summed E-state index contributed by atoms with van der Waals surface area (Å²) in [6.07, 6.45) is 0.619. The molecule has 0 amide bonds. The van der Waals surface area contributed by atoms with Gasteiger partial charge in [0.25, 0.3) is 0 Å². The molecule has 1 aromatic heterocycles. The van der Waals surface area contributed by atoms with Crippen molar-refractivity contribution >= 4 is 27.3 Å². The second-order valence-corrected chi connectivity index (χ2v) is 6.59. The van der Waals surface area contributed by atoms with Crippen LogP contribution in [-0.2, 0) is 12.0 Å². The third kappa shape index (κ3) is 2.97. The van der Waals surface area contributed by atoms with Crippen LogP contribution >= 0.6 is 27.3 Å². The van der Waals surface area contributed by atoms with Gasteiger partial charge in [-0.25, -0.2) is 0 Å². The average molecular weight is 311 g/mol. The van der Waals surface area contributed by atoms with E-state index in [1.54, 1.807) is 11.3 Å². The van der Waals surface area contributed by atoms with Gasteiger partial charge in [0.2, 0.25) is 0 Å². The molecule has 17 heavy (non-hydrogen) atoms. The van der Waals surface area contributed by atoms with Crippen LogP contribution in [0.2, 0.25) is 0 Å². The van der Waals surface area contributed by atoms with E-state index in [2.05, 4.69) is 28.9 Å². The van der Waals surface area contributed by atoms with E-state index >= 15 is 0 Å². The molecule has 2 aromatic rings. The highest BCUT2D eigenvalue weighted by atomic mass is 79.9. The first kappa shape index (κ1) is 12.8. The molecule has 0 radical (unpaired) electrons. The number of hydrogen-bond donors (Lipinski definition) is 1. The Hall–Kier alpha value is -0.640. The van der Waals surface area contributed by atoms with Crippen LogP contribution in [0.3, 0.4) is 0 Å². The number of hydrogen-bond acceptors (Lipinski definition) is 2. The molecule has 0 bridgehead atoms. The maximum atomic E-state index is 10.6. The number of benzene rings is 1. The van der Waals surface area contributed by atoms with Crippen molar-refractivity contribution in [2.24, 2.45) is 0 Å². The Balaban J connectivity index is 2.26. The maximum absolute atomic E-state index is 10.6. The first-order valence-corrected chi connectivity index (χ1v) is 7.13. The molecule has 0 aliphatic carbocycles. The summed E-state index contributed by atoms with van der Waals surface area (Å²) in [5.74, 6) is 0. The predicted octanol–water partition coefficient (Wildman–Crippen LogP) is 4.27. The van der Waals surface area contributed by atoms with Crippen molar-refractivity contribution in [1.82, 2.24) is 0 Å². The molecule has 1 unspecified atom stereocenters. The largest absolute Gasteiger partial charge is 0.384 e. The van der Waals surface area contributed by atoms with Gasteiger partial charge in [0, 0.05) is 20.6 Å². The number of aryl methyl sites for hydroxylation is 1. The molecular weight excluding hydrogens is 296 g/mol. The Bertz CT molecular complexity index is 516. The molecule has 1 heterocycles. The fourth-order valence-corrected chi connectivity index (χ4v) is 3.16. The van der Waals surface area contributed by atoms with E-state index in [1.807, 2.05) is 37.3 Å². The lowest BCUT2D eigenvalue weighted by molar-refractivity contribution is 0.0613. The van der Waals surface area contributed by atoms with Crippen LogP contribution in [0, 0.1) is 6.92 Å². The van der Waals surface area contributed by atoms with E-state index < -0.39 is 5.60 Å². The van der Waals surface area contributed by atoms with E-state index in [4.69, 9.17) is 0 Å². The molecule has 0 fully saturated rings. The van der Waals surface area contributed by atoms with Gasteiger partial charge in [0.05, 0.1) is 5.60 Å². The highest BCUT2D eigenvalue weighted by molar-refractivity contribution is 9.10. The summed E-state index contributed by atoms with van der Waals surface area (Å²) in [5, 5.41) is 10.6. The first-order valence-electron chi connectivity index (χ1n) is 5.52. The van der Waals surface area contributed by atoms with Crippen LogP contribution < -0.4 is 0 Å². The highest BCUT2D eigenvalue weighted by Gasteiger charge is 2.25. The van der Waals surface area contributed by atoms with Crippen LogP contribution in [0.5, 0.6) is 0 Å². The van der Waals surface area contributed by atoms with Crippen molar-refractivity contribution in [3.05, 3.63) is 56.2 Å². The molecule has 0 saturated heterocycles. The third-order valence-electron chi connectivity index (χ3n) is 2.76. The maximum Gasteiger partial charge on any atom is 0.1000 e. The second kappa shape index (κ2) is 4.92. The van der Waals surface area contributed by atoms with Crippen LogP contribution in [0.25, 0.3) is 0 Å². The SMILES string of the molecule is Cc1ccc(C(C)(O)Cc2ccccc2Br)s1. The fraction of sp³-hybridized carbons (Fsp3) is 0.286. The van der Waals surface area contributed by atoms with E-state index in [9.17, 15) is 5.11 Å². The summed E-state index contributed by atoms with van der Waals surface area (Å²) in [7, 11) is 0. The third-order valence-corrected chi connectivity index (χ3v) is 4.79. The molecule has 0 aliphatic heterocycles. The van der Waals surface area contributed by atoms with E-state index in [1.165, 1.54) is 4.88 Å². The van der Waals surface area contributed by atoms with Gasteiger partial charge in [0.15, 0.2) is 0 Å². The molecule has 0 spiro atoms. The van der Waals surface area contributed by atoms with Crippen molar-refractivity contribution in [2.75, 3.05) is 0 Å². The molecule has 90 valence electrons. The van der Waals surface area contributed by atoms with Gasteiger partial charge in [0.1, 0.15) is 0 Å². The summed E-state index contributed by atoms with van der Waals surface area (Å²) in [6.45, 7) is 3.93. The average Bonchev–Trinajstić information content (AvgIpc) is 2.69. The molecule has 2 rings (SSSR count). The van der Waals surface area contributed by atoms with Gasteiger partial charge in [-0.05, 0) is 37.6 Å². The minimum atomic E-state index is -0.803. The summed E-state index contributed by atoms with van der Waals surface area (Å²) in [4.78, 5) is 2.25. The number of halogens is 1. The fourth-order valence-electron chi connectivity index (χ4n) is 1.82. The molecule has 1 aromatic carbocycles. The van der Waals surface area contributed by atoms with Crippen molar-refractivity contribution in [2.45, 2.75) is 25.9 Å². The molecule has 1 N–H and O–H groups in total. The normalized spacial score (nSPS) is 14.6. The smallest absolute Gasteiger partial charge is 0.1000 e. The van der Waals surface area contributed by atoms with E-state index in [-0.39, 0.29) is 0 Å². The van der Waals surface area contributed by atoms with Gasteiger partial charge in [-0.15, -0.1) is 11.3 Å². The lowest BCUT2D eigenvalue weighted by Gasteiger charge is -2.22. The van der Waals surface area contributed by atoms with Crippen LogP contribution in [0.1, 0.15) is 22.2 Å². The quantitative estimate of drug-likeness (QED) is 0.897. The Morgan fingerprint density at radius 1 is 1.24 bits per heavy atom. The minimum absolute atomic E-state index is 0.619. The van der Waals surface area contributed by atoms with Crippen molar-refractivity contribution in [3.8, 4) is 0 Å². The Morgan fingerprint density at radius 3 is 2.53 bits per heavy atom. The second-order valence-electron chi connectivity index (χ2n) is 4.45. The zero-order chi connectivity index (χ0) is 12.5. The molecular formula is C14H15BrOS. The molecule has 0 saturated carbocycles. The van der Waals surface area contributed by atoms with Gasteiger partial charge >= 0.3 is 0 Å². The lowest BCUT2D eigenvalue weighted by Crippen LogP contribution is -2.23. The van der Waals surface area contributed by atoms with Gasteiger partial charge in [-0.3, -0.25) is 0 Å². The lowest BCUT2D eigenvalue weighted by atomic mass is 9.95. The number of thiophene rings is 1. The van der Waals surface area contributed by atoms with Gasteiger partial charge in [-0.2, -0.15) is 0 Å². The molecule has 0 aliphatic rings. The monoisotopic (exact) mass is 310 g/mol. The van der Waals surface area contributed by atoms with Crippen LogP contribution in [0.4, 0.5) is 0 Å². The molecule has 3 heteroatoms. The molecule has 1 nitrogen and oxygen atoms in total. The van der Waals surface area contributed by atoms with Gasteiger partial charge in [-0.1, -0.05) is 34.1 Å². The van der Waals surface area contributed by atoms with Crippen molar-refractivity contribution < 1.29 is 5.11 Å². The van der Waals surface area contributed by atoms with E-state index in [0.29, 0.717) is 6.42 Å². The van der Waals surface area contributed by atoms with Crippen molar-refractivity contribution in [1.29, 1.82) is 0 Å². The predicted molar refractivity (Wildman–Crippen MR) is 76.5 cm³/mol. The van der Waals surface area contributed by atoms with Crippen LogP contribution in [-0.4, -0.2) is 5.11 Å². The zero-order valence-corrected chi connectivity index (χ0v) is 12.3. The van der Waals surface area contributed by atoms with E-state index in [0.717, 1.165) is 14.9 Å². The highest BCUT2D eigenvalue weighted by Crippen LogP contribution is 2.32. The Kier molecular flexibility index (Phi) is 3.71. The van der Waals surface area contributed by atoms with Crippen molar-refractivity contribution in [3.63, 3.8) is 0 Å². The first-order chi connectivity index (χ1) is 7.99. The summed E-state index contributed by atoms with van der Waals surface area (Å²) >= 11 is 5.17. The zero-order valence-electron chi connectivity index (χ0n) is 9.90. The summed E-state index contributed by atoms with van der Waals surface area (Å²) < 4.78 is 1.05. The topological polar surface area (TPSA) is 20.2 Å².